The average Bonchev–Trinajstić information content (AvgIpc) is 2.62. The van der Waals surface area contributed by atoms with Crippen molar-refractivity contribution in [3.05, 3.63) is 83.0 Å². The Balaban J connectivity index is 1.95. The van der Waals surface area contributed by atoms with Crippen molar-refractivity contribution >= 4 is 11.6 Å². The van der Waals surface area contributed by atoms with E-state index in [9.17, 15) is 9.90 Å². The van der Waals surface area contributed by atoms with Gasteiger partial charge in [0.05, 0.1) is 0 Å². The van der Waals surface area contributed by atoms with E-state index in [1.165, 1.54) is 36.0 Å². The Bertz CT molecular complexity index is 878. The summed E-state index contributed by atoms with van der Waals surface area (Å²) in [5.74, 6) is -0.0206. The minimum Gasteiger partial charge on any atom is -0.508 e. The Morgan fingerprint density at radius 3 is 2.45 bits per heavy atom. The van der Waals surface area contributed by atoms with Crippen LogP contribution in [-0.2, 0) is 4.79 Å². The van der Waals surface area contributed by atoms with Gasteiger partial charge in [-0.1, -0.05) is 55.4 Å². The molecule has 1 aromatic carbocycles. The highest BCUT2D eigenvalue weighted by Gasteiger charge is 2.26. The van der Waals surface area contributed by atoms with Gasteiger partial charge in [-0.15, -0.1) is 0 Å². The fourth-order valence-electron chi connectivity index (χ4n) is 3.61. The Kier molecular flexibility index (Phi) is 7.83. The molecule has 0 saturated carbocycles. The summed E-state index contributed by atoms with van der Waals surface area (Å²) in [4.78, 5) is 12.1. The number of benzene rings is 1. The molecule has 0 radical (unpaired) electrons. The van der Waals surface area contributed by atoms with E-state index in [1.54, 1.807) is 30.3 Å². The quantitative estimate of drug-likeness (QED) is 0.316. The van der Waals surface area contributed by atoms with Crippen molar-refractivity contribution in [2.45, 2.75) is 53.9 Å². The summed E-state index contributed by atoms with van der Waals surface area (Å²) >= 11 is 0. The first-order chi connectivity index (χ1) is 13.7. The van der Waals surface area contributed by atoms with Crippen molar-refractivity contribution in [3.8, 4) is 5.75 Å². The second-order valence-corrected chi connectivity index (χ2v) is 8.46. The molecule has 1 amide bonds. The predicted octanol–water partition coefficient (Wildman–Crippen LogP) is 6.86. The van der Waals surface area contributed by atoms with Gasteiger partial charge in [-0.05, 0) is 80.9 Å². The van der Waals surface area contributed by atoms with Crippen LogP contribution in [0.5, 0.6) is 5.75 Å². The van der Waals surface area contributed by atoms with Gasteiger partial charge in [0, 0.05) is 11.8 Å². The van der Waals surface area contributed by atoms with Crippen molar-refractivity contribution in [3.63, 3.8) is 0 Å². The molecule has 0 bridgehead atoms. The van der Waals surface area contributed by atoms with Crippen LogP contribution in [0.3, 0.4) is 0 Å². The van der Waals surface area contributed by atoms with Crippen LogP contribution in [-0.4, -0.2) is 11.0 Å². The van der Waals surface area contributed by atoms with Gasteiger partial charge in [-0.25, -0.2) is 0 Å². The van der Waals surface area contributed by atoms with Crippen LogP contribution in [0.1, 0.15) is 53.9 Å². The van der Waals surface area contributed by atoms with Gasteiger partial charge in [-0.3, -0.25) is 4.79 Å². The standard InChI is InChI=1S/C26H33NO2/c1-19(11-16-24-21(3)10-7-17-26(24,4)5)8-6-9-20(2)18-25(29)27-22-12-14-23(28)15-13-22/h6,8-9,11-16,18,28H,7,10,17H2,1-5H3,(H,27,29)/b9-6+,16-11+,19-8+,20-18-. The summed E-state index contributed by atoms with van der Waals surface area (Å²) < 4.78 is 0. The number of rotatable bonds is 6. The SMILES string of the molecule is CC1=C(/C=C/C(C)=C/C=C/C(C)=C\C(=O)Nc2ccc(O)cc2)C(C)(C)CCC1. The largest absolute Gasteiger partial charge is 0.508 e. The van der Waals surface area contributed by atoms with Crippen molar-refractivity contribution in [1.82, 2.24) is 0 Å². The van der Waals surface area contributed by atoms with Crippen LogP contribution < -0.4 is 5.32 Å². The minimum atomic E-state index is -0.194. The van der Waals surface area contributed by atoms with Crippen LogP contribution in [0.15, 0.2) is 83.0 Å². The maximum atomic E-state index is 12.1. The van der Waals surface area contributed by atoms with E-state index in [1.807, 2.05) is 19.1 Å². The Hall–Kier alpha value is -2.81. The summed E-state index contributed by atoms with van der Waals surface area (Å²) in [6.07, 6.45) is 15.6. The van der Waals surface area contributed by atoms with Crippen LogP contribution >= 0.6 is 0 Å². The minimum absolute atomic E-state index is 0.173. The topological polar surface area (TPSA) is 49.3 Å². The van der Waals surface area contributed by atoms with Gasteiger partial charge in [0.1, 0.15) is 5.75 Å². The molecule has 29 heavy (non-hydrogen) atoms. The highest BCUT2D eigenvalue weighted by atomic mass is 16.3. The van der Waals surface area contributed by atoms with E-state index >= 15 is 0 Å². The van der Waals surface area contributed by atoms with E-state index in [0.29, 0.717) is 5.69 Å². The van der Waals surface area contributed by atoms with E-state index in [2.05, 4.69) is 51.2 Å². The van der Waals surface area contributed by atoms with Crippen LogP contribution in [0.25, 0.3) is 0 Å². The lowest BCUT2D eigenvalue weighted by atomic mass is 9.72. The zero-order valence-electron chi connectivity index (χ0n) is 18.3. The average molecular weight is 392 g/mol. The molecular weight excluding hydrogens is 358 g/mol. The molecule has 1 aromatic rings. The van der Waals surface area contributed by atoms with Gasteiger partial charge in [0.25, 0.3) is 0 Å². The molecule has 1 aliphatic rings. The highest BCUT2D eigenvalue weighted by Crippen LogP contribution is 2.40. The van der Waals surface area contributed by atoms with Gasteiger partial charge in [-0.2, -0.15) is 0 Å². The van der Waals surface area contributed by atoms with Crippen molar-refractivity contribution in [2.24, 2.45) is 5.41 Å². The third kappa shape index (κ3) is 7.26. The molecule has 2 N–H and O–H groups in total. The maximum absolute atomic E-state index is 12.1. The number of hydrogen-bond donors (Lipinski definition) is 2. The normalized spacial score (nSPS) is 18.0. The summed E-state index contributed by atoms with van der Waals surface area (Å²) in [6, 6.07) is 6.41. The van der Waals surface area contributed by atoms with Crippen molar-refractivity contribution in [1.29, 1.82) is 0 Å². The molecule has 1 aliphatic carbocycles. The predicted molar refractivity (Wildman–Crippen MR) is 123 cm³/mol. The maximum Gasteiger partial charge on any atom is 0.248 e. The third-order valence-electron chi connectivity index (χ3n) is 5.27. The number of allylic oxidation sites excluding steroid dienone is 9. The highest BCUT2D eigenvalue weighted by molar-refractivity contribution is 5.99. The molecule has 0 aliphatic heterocycles. The van der Waals surface area contributed by atoms with Gasteiger partial charge in [0.2, 0.25) is 5.91 Å². The number of carbonyl (C=O) groups excluding carboxylic acids is 1. The molecule has 0 fully saturated rings. The summed E-state index contributed by atoms with van der Waals surface area (Å²) in [6.45, 7) is 10.9. The Morgan fingerprint density at radius 2 is 1.79 bits per heavy atom. The molecule has 3 heteroatoms. The van der Waals surface area contributed by atoms with Gasteiger partial charge >= 0.3 is 0 Å². The fourth-order valence-corrected chi connectivity index (χ4v) is 3.61. The zero-order chi connectivity index (χ0) is 21.4. The molecule has 0 unspecified atom stereocenters. The smallest absolute Gasteiger partial charge is 0.248 e. The van der Waals surface area contributed by atoms with Crippen LogP contribution in [0, 0.1) is 5.41 Å². The molecule has 2 rings (SSSR count). The first kappa shape index (κ1) is 22.5. The number of phenols is 1. The Morgan fingerprint density at radius 1 is 1.10 bits per heavy atom. The Labute approximate surface area is 175 Å². The van der Waals surface area contributed by atoms with Gasteiger partial charge in [0.15, 0.2) is 0 Å². The van der Waals surface area contributed by atoms with E-state index in [0.717, 1.165) is 5.57 Å². The molecule has 154 valence electrons. The van der Waals surface area contributed by atoms with E-state index < -0.39 is 0 Å². The summed E-state index contributed by atoms with van der Waals surface area (Å²) in [5, 5.41) is 12.1. The second kappa shape index (κ2) is 10.1. The number of nitrogens with one attached hydrogen (secondary N) is 1. The summed E-state index contributed by atoms with van der Waals surface area (Å²) in [7, 11) is 0. The van der Waals surface area contributed by atoms with Gasteiger partial charge < -0.3 is 10.4 Å². The molecule has 0 saturated heterocycles. The molecule has 3 nitrogen and oxygen atoms in total. The number of amides is 1. The molecule has 0 atom stereocenters. The van der Waals surface area contributed by atoms with Crippen molar-refractivity contribution in [2.75, 3.05) is 5.32 Å². The lowest BCUT2D eigenvalue weighted by Gasteiger charge is -2.32. The third-order valence-corrected chi connectivity index (χ3v) is 5.27. The van der Waals surface area contributed by atoms with Crippen molar-refractivity contribution < 1.29 is 9.90 Å². The summed E-state index contributed by atoms with van der Waals surface area (Å²) in [5.41, 5.74) is 5.89. The number of aromatic hydroxyl groups is 1. The fraction of sp³-hybridized carbons (Fsp3) is 0.346. The monoisotopic (exact) mass is 391 g/mol. The second-order valence-electron chi connectivity index (χ2n) is 8.46. The first-order valence-electron chi connectivity index (χ1n) is 10.2. The number of phenolic OH excluding ortho intramolecular Hbond substituents is 1. The zero-order valence-corrected chi connectivity index (χ0v) is 18.3. The van der Waals surface area contributed by atoms with E-state index in [4.69, 9.17) is 0 Å². The number of hydrogen-bond acceptors (Lipinski definition) is 2. The van der Waals surface area contributed by atoms with Crippen LogP contribution in [0.4, 0.5) is 5.69 Å². The molecule has 0 heterocycles. The lowest BCUT2D eigenvalue weighted by molar-refractivity contribution is -0.111. The molecule has 0 aromatic heterocycles. The lowest BCUT2D eigenvalue weighted by Crippen LogP contribution is -2.19. The van der Waals surface area contributed by atoms with E-state index in [-0.39, 0.29) is 17.1 Å². The number of carbonyl (C=O) groups is 1. The first-order valence-corrected chi connectivity index (χ1v) is 10.2. The molecule has 0 spiro atoms. The number of anilines is 1. The molecular formula is C26H33NO2. The van der Waals surface area contributed by atoms with Crippen LogP contribution in [0.2, 0.25) is 0 Å².